The molecule has 4 nitrogen and oxygen atoms in total. The summed E-state index contributed by atoms with van der Waals surface area (Å²) in [7, 11) is 1.92. The molecule has 2 saturated heterocycles. The fourth-order valence-electron chi connectivity index (χ4n) is 2.96. The lowest BCUT2D eigenvalue weighted by molar-refractivity contribution is -0.133. The van der Waals surface area contributed by atoms with Gasteiger partial charge >= 0.3 is 0 Å². The Morgan fingerprint density at radius 1 is 1.26 bits per heavy atom. The van der Waals surface area contributed by atoms with Crippen molar-refractivity contribution in [1.82, 2.24) is 10.2 Å². The number of hydrogen-bond donors (Lipinski definition) is 1. The van der Waals surface area contributed by atoms with E-state index in [-0.39, 0.29) is 12.0 Å². The highest BCUT2D eigenvalue weighted by atomic mass is 16.5. The number of amides is 1. The summed E-state index contributed by atoms with van der Waals surface area (Å²) in [6.07, 6.45) is 9.08. The Labute approximate surface area is 116 Å². The van der Waals surface area contributed by atoms with Crippen LogP contribution in [0.2, 0.25) is 0 Å². The van der Waals surface area contributed by atoms with Crippen LogP contribution in [-0.4, -0.2) is 49.7 Å². The molecule has 2 heterocycles. The Morgan fingerprint density at radius 2 is 2.11 bits per heavy atom. The molecule has 0 aromatic rings. The van der Waals surface area contributed by atoms with Crippen molar-refractivity contribution in [3.63, 3.8) is 0 Å². The molecule has 0 radical (unpaired) electrons. The van der Waals surface area contributed by atoms with Gasteiger partial charge in [-0.1, -0.05) is 6.42 Å². The highest BCUT2D eigenvalue weighted by molar-refractivity contribution is 5.76. The van der Waals surface area contributed by atoms with Crippen molar-refractivity contribution in [3.05, 3.63) is 0 Å². The molecule has 0 aromatic heterocycles. The molecule has 2 aliphatic heterocycles. The highest BCUT2D eigenvalue weighted by Gasteiger charge is 2.20. The third kappa shape index (κ3) is 5.11. The van der Waals surface area contributed by atoms with Crippen molar-refractivity contribution in [2.24, 2.45) is 0 Å². The van der Waals surface area contributed by atoms with Crippen molar-refractivity contribution < 1.29 is 9.53 Å². The molecule has 0 bridgehead atoms. The zero-order valence-corrected chi connectivity index (χ0v) is 12.2. The molecule has 0 aromatic carbocycles. The van der Waals surface area contributed by atoms with Gasteiger partial charge in [-0.15, -0.1) is 0 Å². The van der Waals surface area contributed by atoms with Crippen LogP contribution in [0.1, 0.15) is 51.4 Å². The molecule has 0 aliphatic carbocycles. The third-order valence-electron chi connectivity index (χ3n) is 4.33. The first-order valence-electron chi connectivity index (χ1n) is 7.84. The van der Waals surface area contributed by atoms with Crippen molar-refractivity contribution in [1.29, 1.82) is 0 Å². The Kier molecular flexibility index (Phi) is 6.11. The smallest absolute Gasteiger partial charge is 0.224 e. The van der Waals surface area contributed by atoms with Crippen molar-refractivity contribution in [3.8, 4) is 0 Å². The highest BCUT2D eigenvalue weighted by Crippen LogP contribution is 2.17. The lowest BCUT2D eigenvalue weighted by atomic mass is 10.0. The Bertz CT molecular complexity index is 271. The number of carbonyl (C=O) groups is 1. The number of piperidine rings is 1. The maximum Gasteiger partial charge on any atom is 0.224 e. The first-order chi connectivity index (χ1) is 9.25. The minimum atomic E-state index is 0.163. The summed E-state index contributed by atoms with van der Waals surface area (Å²) in [5.41, 5.74) is 0. The van der Waals surface area contributed by atoms with Gasteiger partial charge < -0.3 is 15.0 Å². The molecule has 2 atom stereocenters. The summed E-state index contributed by atoms with van der Waals surface area (Å²) < 4.78 is 5.63. The Morgan fingerprint density at radius 3 is 2.79 bits per heavy atom. The van der Waals surface area contributed by atoms with E-state index in [2.05, 4.69) is 5.32 Å². The summed E-state index contributed by atoms with van der Waals surface area (Å²) in [5, 5.41) is 3.53. The van der Waals surface area contributed by atoms with E-state index in [4.69, 9.17) is 4.74 Å². The molecule has 1 N–H and O–H groups in total. The summed E-state index contributed by atoms with van der Waals surface area (Å²) in [6.45, 7) is 2.83. The number of ether oxygens (including phenoxy) is 1. The Balaban J connectivity index is 1.63. The van der Waals surface area contributed by atoms with E-state index in [1.54, 1.807) is 0 Å². The van der Waals surface area contributed by atoms with Gasteiger partial charge in [-0.05, 0) is 45.1 Å². The molecule has 110 valence electrons. The number of nitrogens with one attached hydrogen (secondary N) is 1. The molecular formula is C15H28N2O2. The van der Waals surface area contributed by atoms with Crippen LogP contribution < -0.4 is 5.32 Å². The topological polar surface area (TPSA) is 41.6 Å². The largest absolute Gasteiger partial charge is 0.378 e. The van der Waals surface area contributed by atoms with Gasteiger partial charge in [0.15, 0.2) is 0 Å². The second-order valence-corrected chi connectivity index (χ2v) is 5.94. The number of carbonyl (C=O) groups excluding carboxylic acids is 1. The zero-order chi connectivity index (χ0) is 13.5. The third-order valence-corrected chi connectivity index (χ3v) is 4.33. The fourth-order valence-corrected chi connectivity index (χ4v) is 2.96. The summed E-state index contributed by atoms with van der Waals surface area (Å²) in [6, 6.07) is 0.606. The standard InChI is InChI=1S/C15H28N2O2/c1-17(10-8-13-6-2-4-9-16-13)15(18)12-14-7-3-5-11-19-14/h13-14,16H,2-12H2,1H3. The average molecular weight is 268 g/mol. The number of hydrogen-bond acceptors (Lipinski definition) is 3. The van der Waals surface area contributed by atoms with Gasteiger partial charge in [0, 0.05) is 26.2 Å². The molecule has 4 heteroatoms. The van der Waals surface area contributed by atoms with Crippen LogP contribution >= 0.6 is 0 Å². The molecular weight excluding hydrogens is 240 g/mol. The van der Waals surface area contributed by atoms with Gasteiger partial charge in [0.1, 0.15) is 0 Å². The molecule has 2 rings (SSSR count). The fraction of sp³-hybridized carbons (Fsp3) is 0.933. The molecule has 0 saturated carbocycles. The van der Waals surface area contributed by atoms with E-state index in [0.717, 1.165) is 39.0 Å². The van der Waals surface area contributed by atoms with Crippen LogP contribution in [0.3, 0.4) is 0 Å². The normalized spacial score (nSPS) is 28.1. The van der Waals surface area contributed by atoms with Gasteiger partial charge in [-0.25, -0.2) is 0 Å². The summed E-state index contributed by atoms with van der Waals surface area (Å²) >= 11 is 0. The number of rotatable bonds is 5. The second-order valence-electron chi connectivity index (χ2n) is 5.94. The SMILES string of the molecule is CN(CCC1CCCCN1)C(=O)CC1CCCCO1. The van der Waals surface area contributed by atoms with E-state index >= 15 is 0 Å². The molecule has 0 spiro atoms. The lowest BCUT2D eigenvalue weighted by Crippen LogP contribution is -2.39. The maximum atomic E-state index is 12.1. The first kappa shape index (κ1) is 14.8. The summed E-state index contributed by atoms with van der Waals surface area (Å²) in [5.74, 6) is 0.239. The maximum absolute atomic E-state index is 12.1. The van der Waals surface area contributed by atoms with Gasteiger partial charge in [0.2, 0.25) is 5.91 Å². The van der Waals surface area contributed by atoms with Crippen LogP contribution in [-0.2, 0) is 9.53 Å². The quantitative estimate of drug-likeness (QED) is 0.828. The van der Waals surface area contributed by atoms with Gasteiger partial charge in [0.25, 0.3) is 0 Å². The molecule has 19 heavy (non-hydrogen) atoms. The average Bonchev–Trinajstić information content (AvgIpc) is 2.47. The van der Waals surface area contributed by atoms with Crippen LogP contribution in [0, 0.1) is 0 Å². The van der Waals surface area contributed by atoms with Crippen molar-refractivity contribution >= 4 is 5.91 Å². The summed E-state index contributed by atoms with van der Waals surface area (Å²) in [4.78, 5) is 14.0. The van der Waals surface area contributed by atoms with Gasteiger partial charge in [0.05, 0.1) is 12.5 Å². The Hall–Kier alpha value is -0.610. The molecule has 2 fully saturated rings. The van der Waals surface area contributed by atoms with Crippen LogP contribution in [0.15, 0.2) is 0 Å². The molecule has 1 amide bonds. The van der Waals surface area contributed by atoms with E-state index in [1.807, 2.05) is 11.9 Å². The van der Waals surface area contributed by atoms with E-state index in [1.165, 1.54) is 25.7 Å². The second kappa shape index (κ2) is 7.85. The molecule has 2 aliphatic rings. The molecule has 2 unspecified atom stereocenters. The van der Waals surface area contributed by atoms with Crippen LogP contribution in [0.4, 0.5) is 0 Å². The van der Waals surface area contributed by atoms with Gasteiger partial charge in [-0.2, -0.15) is 0 Å². The zero-order valence-electron chi connectivity index (χ0n) is 12.2. The van der Waals surface area contributed by atoms with Gasteiger partial charge in [-0.3, -0.25) is 4.79 Å². The first-order valence-corrected chi connectivity index (χ1v) is 7.84. The minimum absolute atomic E-state index is 0.163. The van der Waals surface area contributed by atoms with Crippen LogP contribution in [0.5, 0.6) is 0 Å². The van der Waals surface area contributed by atoms with Crippen molar-refractivity contribution in [2.75, 3.05) is 26.7 Å². The van der Waals surface area contributed by atoms with E-state index in [9.17, 15) is 4.79 Å². The predicted molar refractivity (Wildman–Crippen MR) is 76.1 cm³/mol. The van der Waals surface area contributed by atoms with E-state index in [0.29, 0.717) is 12.5 Å². The minimum Gasteiger partial charge on any atom is -0.378 e. The van der Waals surface area contributed by atoms with E-state index < -0.39 is 0 Å². The van der Waals surface area contributed by atoms with Crippen molar-refractivity contribution in [2.45, 2.75) is 63.5 Å². The number of nitrogens with zero attached hydrogens (tertiary/aromatic N) is 1. The lowest BCUT2D eigenvalue weighted by Gasteiger charge is -2.27. The monoisotopic (exact) mass is 268 g/mol. The van der Waals surface area contributed by atoms with Crippen LogP contribution in [0.25, 0.3) is 0 Å². The predicted octanol–water partition coefficient (Wildman–Crippen LogP) is 1.94.